The monoisotopic (exact) mass is 415 g/mol. The van der Waals surface area contributed by atoms with Crippen molar-refractivity contribution in [2.45, 2.75) is 24.1 Å². The van der Waals surface area contributed by atoms with Gasteiger partial charge in [0.15, 0.2) is 0 Å². The predicted molar refractivity (Wildman–Crippen MR) is 105 cm³/mol. The second kappa shape index (κ2) is 8.87. The summed E-state index contributed by atoms with van der Waals surface area (Å²) in [6.45, 7) is 0. The molecule has 0 bridgehead atoms. The number of aromatic nitrogens is 2. The van der Waals surface area contributed by atoms with Crippen LogP contribution in [0.4, 0.5) is 0 Å². The molecule has 2 aromatic carbocycles. The van der Waals surface area contributed by atoms with Crippen LogP contribution in [0.25, 0.3) is 0 Å². The number of ether oxygens (including phenoxy) is 1. The molecule has 1 amide bonds. The predicted octanol–water partition coefficient (Wildman–Crippen LogP) is 2.12. The largest absolute Gasteiger partial charge is 0.497 e. The van der Waals surface area contributed by atoms with E-state index in [1.165, 1.54) is 0 Å². The van der Waals surface area contributed by atoms with Crippen LogP contribution in [-0.4, -0.2) is 37.9 Å². The third-order valence-electron chi connectivity index (χ3n) is 4.18. The third kappa shape index (κ3) is 5.64. The number of nitrogens with one attached hydrogen (secondary N) is 1. The quantitative estimate of drug-likeness (QED) is 0.600. The van der Waals surface area contributed by atoms with Crippen LogP contribution in [0.15, 0.2) is 64.2 Å². The molecule has 1 heterocycles. The lowest BCUT2D eigenvalue weighted by molar-refractivity contribution is -0.121. The van der Waals surface area contributed by atoms with Crippen molar-refractivity contribution >= 4 is 15.7 Å². The fraction of sp³-hybridized carbons (Fsp3) is 0.250. The first-order valence-corrected chi connectivity index (χ1v) is 10.7. The molecule has 0 saturated heterocycles. The summed E-state index contributed by atoms with van der Waals surface area (Å²) in [6, 6.07) is 15.9. The number of methoxy groups -OCH3 is 1. The highest BCUT2D eigenvalue weighted by Crippen LogP contribution is 2.20. The molecule has 0 unspecified atom stereocenters. The fourth-order valence-electron chi connectivity index (χ4n) is 2.74. The normalized spacial score (nSPS) is 12.3. The molecule has 1 atom stereocenters. The fourth-order valence-corrected chi connectivity index (χ4v) is 3.16. The highest BCUT2D eigenvalue weighted by molar-refractivity contribution is 7.90. The van der Waals surface area contributed by atoms with Crippen LogP contribution in [0.5, 0.6) is 5.75 Å². The Bertz CT molecular complexity index is 1060. The molecule has 1 aromatic heterocycles. The molecule has 29 heavy (non-hydrogen) atoms. The Hall–Kier alpha value is -3.20. The number of amides is 1. The van der Waals surface area contributed by atoms with E-state index >= 15 is 0 Å². The Balaban J connectivity index is 1.78. The van der Waals surface area contributed by atoms with Gasteiger partial charge in [0, 0.05) is 12.7 Å². The lowest BCUT2D eigenvalue weighted by Gasteiger charge is -2.15. The van der Waals surface area contributed by atoms with Gasteiger partial charge >= 0.3 is 5.22 Å². The third-order valence-corrected chi connectivity index (χ3v) is 4.98. The maximum atomic E-state index is 12.6. The van der Waals surface area contributed by atoms with Crippen LogP contribution in [0, 0.1) is 0 Å². The van der Waals surface area contributed by atoms with E-state index in [0.717, 1.165) is 17.4 Å². The minimum atomic E-state index is -3.64. The van der Waals surface area contributed by atoms with Gasteiger partial charge in [-0.1, -0.05) is 47.6 Å². The second-order valence-corrected chi connectivity index (χ2v) is 8.41. The van der Waals surface area contributed by atoms with Gasteiger partial charge in [0.05, 0.1) is 13.5 Å². The van der Waals surface area contributed by atoms with Crippen molar-refractivity contribution in [1.82, 2.24) is 15.5 Å². The highest BCUT2D eigenvalue weighted by Gasteiger charge is 2.24. The molecule has 0 spiro atoms. The Morgan fingerprint density at radius 1 is 1.07 bits per heavy atom. The van der Waals surface area contributed by atoms with Crippen LogP contribution in [0.3, 0.4) is 0 Å². The average Bonchev–Trinajstić information content (AvgIpc) is 3.20. The molecule has 3 rings (SSSR count). The maximum Gasteiger partial charge on any atom is 0.335 e. The van der Waals surface area contributed by atoms with Crippen molar-refractivity contribution in [3.8, 4) is 5.75 Å². The molecule has 0 aliphatic carbocycles. The number of carbonyl (C=O) groups is 1. The second-order valence-electron chi connectivity index (χ2n) is 6.51. The van der Waals surface area contributed by atoms with E-state index in [0.29, 0.717) is 12.2 Å². The van der Waals surface area contributed by atoms with Gasteiger partial charge in [0.2, 0.25) is 21.6 Å². The number of hydrogen-bond donors (Lipinski definition) is 1. The SMILES string of the molecule is COc1ccc(CC(=O)N[C@@H](Cc2ccccc2)c2nnc(S(C)(=O)=O)o2)cc1. The minimum absolute atomic E-state index is 0.0392. The molecule has 0 fully saturated rings. The van der Waals surface area contributed by atoms with Crippen molar-refractivity contribution in [3.63, 3.8) is 0 Å². The number of nitrogens with zero attached hydrogens (tertiary/aromatic N) is 2. The van der Waals surface area contributed by atoms with Gasteiger partial charge in [-0.05, 0) is 23.3 Å². The van der Waals surface area contributed by atoms with Crippen molar-refractivity contribution in [1.29, 1.82) is 0 Å². The summed E-state index contributed by atoms with van der Waals surface area (Å²) in [6.07, 6.45) is 1.50. The summed E-state index contributed by atoms with van der Waals surface area (Å²) in [7, 11) is -2.06. The van der Waals surface area contributed by atoms with Crippen molar-refractivity contribution < 1.29 is 22.4 Å². The van der Waals surface area contributed by atoms with E-state index in [1.54, 1.807) is 31.4 Å². The van der Waals surface area contributed by atoms with Gasteiger partial charge in [0.1, 0.15) is 11.8 Å². The number of carbonyl (C=O) groups excluding carboxylic acids is 1. The van der Waals surface area contributed by atoms with Gasteiger partial charge in [0.25, 0.3) is 0 Å². The van der Waals surface area contributed by atoms with E-state index in [1.807, 2.05) is 30.3 Å². The van der Waals surface area contributed by atoms with Crippen LogP contribution >= 0.6 is 0 Å². The van der Waals surface area contributed by atoms with E-state index in [4.69, 9.17) is 9.15 Å². The first kappa shape index (κ1) is 20.5. The molecular formula is C20H21N3O5S. The summed E-state index contributed by atoms with van der Waals surface area (Å²) in [5.74, 6) is 0.489. The molecule has 152 valence electrons. The Morgan fingerprint density at radius 2 is 1.76 bits per heavy atom. The number of hydrogen-bond acceptors (Lipinski definition) is 7. The Labute approximate surface area is 168 Å². The van der Waals surface area contributed by atoms with E-state index in [2.05, 4.69) is 15.5 Å². The van der Waals surface area contributed by atoms with Crippen LogP contribution < -0.4 is 10.1 Å². The van der Waals surface area contributed by atoms with E-state index in [-0.39, 0.29) is 18.2 Å². The van der Waals surface area contributed by atoms with Gasteiger partial charge < -0.3 is 14.5 Å². The van der Waals surface area contributed by atoms with Gasteiger partial charge in [-0.2, -0.15) is 0 Å². The zero-order valence-corrected chi connectivity index (χ0v) is 16.8. The van der Waals surface area contributed by atoms with Crippen molar-refractivity contribution in [2.24, 2.45) is 0 Å². The summed E-state index contributed by atoms with van der Waals surface area (Å²) < 4.78 is 33.7. The Morgan fingerprint density at radius 3 is 2.34 bits per heavy atom. The van der Waals surface area contributed by atoms with Gasteiger partial charge in [-0.3, -0.25) is 4.79 Å². The molecule has 1 N–H and O–H groups in total. The molecular weight excluding hydrogens is 394 g/mol. The Kier molecular flexibility index (Phi) is 6.28. The van der Waals surface area contributed by atoms with Crippen molar-refractivity contribution in [3.05, 3.63) is 71.6 Å². The zero-order valence-electron chi connectivity index (χ0n) is 16.0. The number of rotatable bonds is 8. The molecule has 8 nitrogen and oxygen atoms in total. The molecule has 9 heteroatoms. The van der Waals surface area contributed by atoms with Crippen LogP contribution in [-0.2, 0) is 27.5 Å². The van der Waals surface area contributed by atoms with Crippen LogP contribution in [0.2, 0.25) is 0 Å². The summed E-state index contributed by atoms with van der Waals surface area (Å²) in [5.41, 5.74) is 1.74. The molecule has 3 aromatic rings. The topological polar surface area (TPSA) is 111 Å². The smallest absolute Gasteiger partial charge is 0.335 e. The van der Waals surface area contributed by atoms with E-state index < -0.39 is 21.1 Å². The standard InChI is InChI=1S/C20H21N3O5S/c1-27-16-10-8-15(9-11-16)13-18(24)21-17(12-14-6-4-3-5-7-14)19-22-23-20(28-19)29(2,25)26/h3-11,17H,12-13H2,1-2H3,(H,21,24)/t17-/m0/s1. The van der Waals surface area contributed by atoms with E-state index in [9.17, 15) is 13.2 Å². The van der Waals surface area contributed by atoms with Gasteiger partial charge in [-0.15, -0.1) is 5.10 Å². The maximum absolute atomic E-state index is 12.6. The summed E-state index contributed by atoms with van der Waals surface area (Å²) >= 11 is 0. The average molecular weight is 415 g/mol. The molecule has 0 aliphatic rings. The molecule has 0 saturated carbocycles. The lowest BCUT2D eigenvalue weighted by Crippen LogP contribution is -2.31. The number of sulfone groups is 1. The zero-order chi connectivity index (χ0) is 20.9. The summed E-state index contributed by atoms with van der Waals surface area (Å²) in [4.78, 5) is 12.6. The first-order valence-electron chi connectivity index (χ1n) is 8.85. The van der Waals surface area contributed by atoms with Crippen LogP contribution in [0.1, 0.15) is 23.1 Å². The lowest BCUT2D eigenvalue weighted by atomic mass is 10.1. The minimum Gasteiger partial charge on any atom is -0.497 e. The highest BCUT2D eigenvalue weighted by atomic mass is 32.2. The first-order chi connectivity index (χ1) is 13.8. The van der Waals surface area contributed by atoms with Gasteiger partial charge in [-0.25, -0.2) is 8.42 Å². The molecule has 0 aliphatic heterocycles. The summed E-state index contributed by atoms with van der Waals surface area (Å²) in [5, 5.41) is 9.81. The number of benzene rings is 2. The van der Waals surface area contributed by atoms with Crippen molar-refractivity contribution in [2.75, 3.05) is 13.4 Å². The molecule has 0 radical (unpaired) electrons.